The van der Waals surface area contributed by atoms with Crippen LogP contribution in [0, 0.1) is 13.8 Å². The molecule has 2 atom stereocenters. The molecule has 2 amide bonds. The van der Waals surface area contributed by atoms with E-state index in [2.05, 4.69) is 5.32 Å². The smallest absolute Gasteiger partial charge is 0.417 e. The lowest BCUT2D eigenvalue weighted by Gasteiger charge is -2.44. The largest absolute Gasteiger partial charge is 0.490 e. The summed E-state index contributed by atoms with van der Waals surface area (Å²) in [5.41, 5.74) is 3.69. The number of fused-ring (bicyclic) bond motifs is 2. The Morgan fingerprint density at radius 2 is 1.67 bits per heavy atom. The summed E-state index contributed by atoms with van der Waals surface area (Å²) in [6.07, 6.45) is -2.63. The molecule has 0 radical (unpaired) electrons. The SMILES string of the molecule is CC(=O)N1C[C@H]2CC(c3ccc(OCCOc4cc(C)c(C)cc4Cl)cc3)=C(C(=O)N(Cc3cccc(C(F)(F)F)c3Cl)C3CC3)[C@@H](C1)N2. The van der Waals surface area contributed by atoms with E-state index in [1.165, 1.54) is 19.1 Å². The fourth-order valence-electron chi connectivity index (χ4n) is 6.56. The molecule has 1 saturated heterocycles. The summed E-state index contributed by atoms with van der Waals surface area (Å²) >= 11 is 12.6. The average molecular weight is 717 g/mol. The van der Waals surface area contributed by atoms with Gasteiger partial charge in [0.25, 0.3) is 5.91 Å². The molecule has 3 aliphatic rings. The van der Waals surface area contributed by atoms with Gasteiger partial charge < -0.3 is 24.6 Å². The first kappa shape index (κ1) is 35.1. The Hall–Kier alpha value is -3.73. The van der Waals surface area contributed by atoms with Gasteiger partial charge >= 0.3 is 6.18 Å². The highest BCUT2D eigenvalue weighted by atomic mass is 35.5. The first-order chi connectivity index (χ1) is 23.3. The third kappa shape index (κ3) is 7.87. The molecule has 12 heteroatoms. The second-order valence-electron chi connectivity index (χ2n) is 13.0. The van der Waals surface area contributed by atoms with E-state index in [-0.39, 0.29) is 36.0 Å². The first-order valence-electron chi connectivity index (χ1n) is 16.3. The summed E-state index contributed by atoms with van der Waals surface area (Å²) in [5.74, 6) is 0.882. The van der Waals surface area contributed by atoms with Crippen LogP contribution in [0.4, 0.5) is 13.2 Å². The van der Waals surface area contributed by atoms with Crippen LogP contribution in [-0.2, 0) is 22.3 Å². The summed E-state index contributed by atoms with van der Waals surface area (Å²) in [6, 6.07) is 14.4. The van der Waals surface area contributed by atoms with Crippen molar-refractivity contribution in [2.45, 2.75) is 70.9 Å². The molecule has 0 aromatic heterocycles. The maximum atomic E-state index is 14.6. The van der Waals surface area contributed by atoms with E-state index >= 15 is 0 Å². The molecule has 6 rings (SSSR count). The average Bonchev–Trinajstić information content (AvgIpc) is 3.89. The third-order valence-corrected chi connectivity index (χ3v) is 10.2. The number of halogens is 5. The highest BCUT2D eigenvalue weighted by Gasteiger charge is 2.43. The molecule has 2 fully saturated rings. The lowest BCUT2D eigenvalue weighted by Crippen LogP contribution is -2.61. The summed E-state index contributed by atoms with van der Waals surface area (Å²) < 4.78 is 52.7. The number of rotatable bonds is 10. The van der Waals surface area contributed by atoms with Crippen LogP contribution in [0.3, 0.4) is 0 Å². The summed E-state index contributed by atoms with van der Waals surface area (Å²) in [6.45, 7) is 6.84. The number of hydrogen-bond acceptors (Lipinski definition) is 5. The Balaban J connectivity index is 1.25. The van der Waals surface area contributed by atoms with E-state index in [1.807, 2.05) is 50.2 Å². The molecular formula is C37H38Cl2F3N3O4. The maximum Gasteiger partial charge on any atom is 0.417 e. The van der Waals surface area contributed by atoms with Gasteiger partial charge in [0.15, 0.2) is 0 Å². The highest BCUT2D eigenvalue weighted by molar-refractivity contribution is 6.32. The molecule has 1 saturated carbocycles. The lowest BCUT2D eigenvalue weighted by molar-refractivity contribution is -0.137. The molecule has 49 heavy (non-hydrogen) atoms. The second kappa shape index (κ2) is 14.2. The van der Waals surface area contributed by atoms with Gasteiger partial charge in [-0.05, 0) is 91.3 Å². The van der Waals surface area contributed by atoms with Crippen LogP contribution in [0.2, 0.25) is 10.0 Å². The second-order valence-corrected chi connectivity index (χ2v) is 13.8. The van der Waals surface area contributed by atoms with Gasteiger partial charge in [0.05, 0.1) is 21.7 Å². The monoisotopic (exact) mass is 715 g/mol. The van der Waals surface area contributed by atoms with Crippen molar-refractivity contribution in [3.63, 3.8) is 0 Å². The summed E-state index contributed by atoms with van der Waals surface area (Å²) in [4.78, 5) is 30.4. The van der Waals surface area contributed by atoms with E-state index in [1.54, 1.807) is 9.80 Å². The number of benzene rings is 3. The normalized spacial score (nSPS) is 19.1. The minimum absolute atomic E-state index is 0.0577. The topological polar surface area (TPSA) is 71.1 Å². The van der Waals surface area contributed by atoms with E-state index in [4.69, 9.17) is 32.7 Å². The van der Waals surface area contributed by atoms with Crippen LogP contribution in [0.15, 0.2) is 60.2 Å². The van der Waals surface area contributed by atoms with Gasteiger partial charge in [-0.2, -0.15) is 13.2 Å². The van der Waals surface area contributed by atoms with Gasteiger partial charge in [0, 0.05) is 44.2 Å². The Kier molecular flexibility index (Phi) is 10.2. The Bertz CT molecular complexity index is 1780. The minimum atomic E-state index is -4.62. The van der Waals surface area contributed by atoms with Crippen LogP contribution < -0.4 is 14.8 Å². The molecule has 1 aliphatic carbocycles. The van der Waals surface area contributed by atoms with Crippen molar-refractivity contribution >= 4 is 40.6 Å². The van der Waals surface area contributed by atoms with Gasteiger partial charge in [0.1, 0.15) is 24.7 Å². The molecule has 2 bridgehead atoms. The number of carbonyl (C=O) groups excluding carboxylic acids is 2. The van der Waals surface area contributed by atoms with Crippen molar-refractivity contribution in [3.05, 3.63) is 98.0 Å². The Morgan fingerprint density at radius 1 is 0.980 bits per heavy atom. The fourth-order valence-corrected chi connectivity index (χ4v) is 7.13. The Labute approximate surface area is 293 Å². The molecule has 1 N–H and O–H groups in total. The maximum absolute atomic E-state index is 14.6. The molecule has 3 aromatic rings. The molecule has 7 nitrogen and oxygen atoms in total. The first-order valence-corrected chi connectivity index (χ1v) is 17.1. The van der Waals surface area contributed by atoms with Crippen LogP contribution >= 0.6 is 23.2 Å². The van der Waals surface area contributed by atoms with E-state index < -0.39 is 22.8 Å². The zero-order chi connectivity index (χ0) is 35.0. The van der Waals surface area contributed by atoms with E-state index in [0.29, 0.717) is 54.8 Å². The number of hydrogen-bond donors (Lipinski definition) is 1. The molecule has 260 valence electrons. The highest BCUT2D eigenvalue weighted by Crippen LogP contribution is 2.40. The minimum Gasteiger partial charge on any atom is -0.490 e. The van der Waals surface area contributed by atoms with Crippen molar-refractivity contribution in [1.82, 2.24) is 15.1 Å². The quantitative estimate of drug-likeness (QED) is 0.219. The predicted molar refractivity (Wildman–Crippen MR) is 183 cm³/mol. The number of alkyl halides is 3. The van der Waals surface area contributed by atoms with Crippen molar-refractivity contribution in [2.24, 2.45) is 0 Å². The van der Waals surface area contributed by atoms with Gasteiger partial charge in [-0.3, -0.25) is 9.59 Å². The standard InChI is InChI=1S/C37H38Cl2F3N3O4/c1-21-15-31(38)33(16-22(21)2)49-14-13-48-28-11-7-24(8-12-28)29-17-26-19-44(23(3)46)20-32(43-26)34(29)36(47)45(27-9-10-27)18-25-5-4-6-30(35(25)39)37(40,41)42/h4-8,11-12,15-16,26-27,32,43H,9-10,13-14,17-20H2,1-3H3/t26-,32-/m1/s1. The molecule has 2 aliphatic heterocycles. The molecule has 3 aromatic carbocycles. The van der Waals surface area contributed by atoms with Crippen LogP contribution in [-0.4, -0.2) is 66.0 Å². The zero-order valence-corrected chi connectivity index (χ0v) is 29.0. The molecular weight excluding hydrogens is 678 g/mol. The summed E-state index contributed by atoms with van der Waals surface area (Å²) in [7, 11) is 0. The van der Waals surface area contributed by atoms with Crippen molar-refractivity contribution in [3.8, 4) is 11.5 Å². The predicted octanol–water partition coefficient (Wildman–Crippen LogP) is 7.62. The number of nitrogens with one attached hydrogen (secondary N) is 1. The Morgan fingerprint density at radius 3 is 2.35 bits per heavy atom. The zero-order valence-electron chi connectivity index (χ0n) is 27.5. The van der Waals surface area contributed by atoms with Crippen molar-refractivity contribution in [1.29, 1.82) is 0 Å². The van der Waals surface area contributed by atoms with Crippen molar-refractivity contribution in [2.75, 3.05) is 26.3 Å². The van der Waals surface area contributed by atoms with E-state index in [9.17, 15) is 22.8 Å². The van der Waals surface area contributed by atoms with E-state index in [0.717, 1.165) is 41.2 Å². The lowest BCUT2D eigenvalue weighted by atomic mass is 9.82. The third-order valence-electron chi connectivity index (χ3n) is 9.41. The number of aryl methyl sites for hydroxylation is 2. The van der Waals surface area contributed by atoms with Gasteiger partial charge in [-0.1, -0.05) is 47.5 Å². The van der Waals surface area contributed by atoms with Crippen LogP contribution in [0.1, 0.15) is 54.0 Å². The number of ether oxygens (including phenoxy) is 2. The molecule has 0 unspecified atom stereocenters. The van der Waals surface area contributed by atoms with Crippen LogP contribution in [0.25, 0.3) is 5.57 Å². The fraction of sp³-hybridized carbons (Fsp3) is 0.405. The number of carbonyl (C=O) groups is 2. The number of piperazine rings is 1. The van der Waals surface area contributed by atoms with Gasteiger partial charge in [-0.15, -0.1) is 0 Å². The van der Waals surface area contributed by atoms with Gasteiger partial charge in [0.2, 0.25) is 5.91 Å². The van der Waals surface area contributed by atoms with Crippen molar-refractivity contribution < 1.29 is 32.2 Å². The molecule has 2 heterocycles. The molecule has 0 spiro atoms. The van der Waals surface area contributed by atoms with Gasteiger partial charge in [-0.25, -0.2) is 0 Å². The summed E-state index contributed by atoms with van der Waals surface area (Å²) in [5, 5.41) is 3.68. The van der Waals surface area contributed by atoms with Crippen LogP contribution in [0.5, 0.6) is 11.5 Å². The number of amides is 2. The number of nitrogens with zero attached hydrogens (tertiary/aromatic N) is 2.